The van der Waals surface area contributed by atoms with E-state index < -0.39 is 27.6 Å². The standard InChI is InChI=1S/C21H25F2N3O3S/c1-15-6-7-16(13-20(15)30(28,29)26-10-4-2-3-5-11-26)24-14-21(27)25-17-8-9-18(22)19(23)12-17/h6-9,12-13,24H,2-5,10-11,14H2,1H3,(H,25,27). The molecule has 0 radical (unpaired) electrons. The van der Waals surface area contributed by atoms with E-state index in [9.17, 15) is 22.0 Å². The Balaban J connectivity index is 1.68. The molecule has 0 spiro atoms. The van der Waals surface area contributed by atoms with Crippen LogP contribution in [0.25, 0.3) is 0 Å². The van der Waals surface area contributed by atoms with Crippen molar-refractivity contribution in [1.29, 1.82) is 0 Å². The zero-order valence-corrected chi connectivity index (χ0v) is 17.6. The van der Waals surface area contributed by atoms with Crippen LogP contribution in [0.5, 0.6) is 0 Å². The molecule has 2 N–H and O–H groups in total. The molecule has 1 saturated heterocycles. The van der Waals surface area contributed by atoms with Gasteiger partial charge in [0.05, 0.1) is 11.4 Å². The Bertz CT molecular complexity index is 1020. The number of aryl methyl sites for hydroxylation is 1. The van der Waals surface area contributed by atoms with Gasteiger partial charge in [0.25, 0.3) is 0 Å². The molecule has 1 aliphatic rings. The summed E-state index contributed by atoms with van der Waals surface area (Å²) >= 11 is 0. The van der Waals surface area contributed by atoms with Gasteiger partial charge in [-0.1, -0.05) is 18.9 Å². The number of benzene rings is 2. The van der Waals surface area contributed by atoms with Crippen LogP contribution in [0, 0.1) is 18.6 Å². The number of nitrogens with zero attached hydrogens (tertiary/aromatic N) is 1. The van der Waals surface area contributed by atoms with Gasteiger partial charge in [0, 0.05) is 30.5 Å². The van der Waals surface area contributed by atoms with Crippen LogP contribution in [0.4, 0.5) is 20.2 Å². The largest absolute Gasteiger partial charge is 0.376 e. The summed E-state index contributed by atoms with van der Waals surface area (Å²) in [6, 6.07) is 8.00. The third kappa shape index (κ3) is 5.34. The van der Waals surface area contributed by atoms with Crippen molar-refractivity contribution in [2.24, 2.45) is 0 Å². The highest BCUT2D eigenvalue weighted by Gasteiger charge is 2.26. The highest BCUT2D eigenvalue weighted by molar-refractivity contribution is 7.89. The van der Waals surface area contributed by atoms with Gasteiger partial charge in [-0.25, -0.2) is 17.2 Å². The first kappa shape index (κ1) is 22.2. The first-order valence-electron chi connectivity index (χ1n) is 9.87. The second-order valence-corrected chi connectivity index (χ2v) is 9.24. The molecule has 6 nitrogen and oxygen atoms in total. The van der Waals surface area contributed by atoms with E-state index in [1.807, 2.05) is 0 Å². The van der Waals surface area contributed by atoms with Crippen LogP contribution in [0.1, 0.15) is 31.2 Å². The number of carbonyl (C=O) groups is 1. The quantitative estimate of drug-likeness (QED) is 0.719. The van der Waals surface area contributed by atoms with Crippen LogP contribution in [0.2, 0.25) is 0 Å². The molecule has 0 saturated carbocycles. The summed E-state index contributed by atoms with van der Waals surface area (Å²) in [5, 5.41) is 5.34. The molecular formula is C21H25F2N3O3S. The van der Waals surface area contributed by atoms with Gasteiger partial charge in [-0.3, -0.25) is 4.79 Å². The summed E-state index contributed by atoms with van der Waals surface area (Å²) in [7, 11) is -3.62. The van der Waals surface area contributed by atoms with Crippen molar-refractivity contribution in [3.05, 3.63) is 53.6 Å². The molecule has 0 bridgehead atoms. The Morgan fingerprint density at radius 1 is 0.967 bits per heavy atom. The third-order valence-electron chi connectivity index (χ3n) is 5.03. The second kappa shape index (κ2) is 9.53. The number of hydrogen-bond acceptors (Lipinski definition) is 4. The smallest absolute Gasteiger partial charge is 0.243 e. The Morgan fingerprint density at radius 3 is 2.30 bits per heavy atom. The summed E-state index contributed by atoms with van der Waals surface area (Å²) < 4.78 is 54.0. The summed E-state index contributed by atoms with van der Waals surface area (Å²) in [6.45, 7) is 2.60. The number of hydrogen-bond donors (Lipinski definition) is 2. The average Bonchev–Trinajstić information content (AvgIpc) is 3.00. The van der Waals surface area contributed by atoms with Gasteiger partial charge in [0.1, 0.15) is 0 Å². The first-order valence-corrected chi connectivity index (χ1v) is 11.3. The summed E-state index contributed by atoms with van der Waals surface area (Å²) in [6.07, 6.45) is 3.75. The maximum Gasteiger partial charge on any atom is 0.243 e. The summed E-state index contributed by atoms with van der Waals surface area (Å²) in [5.41, 5.74) is 1.25. The van der Waals surface area contributed by atoms with Crippen molar-refractivity contribution < 1.29 is 22.0 Å². The molecule has 162 valence electrons. The van der Waals surface area contributed by atoms with E-state index >= 15 is 0 Å². The SMILES string of the molecule is Cc1ccc(NCC(=O)Nc2ccc(F)c(F)c2)cc1S(=O)(=O)N1CCCCCC1. The maximum atomic E-state index is 13.3. The topological polar surface area (TPSA) is 78.5 Å². The molecule has 30 heavy (non-hydrogen) atoms. The van der Waals surface area contributed by atoms with Crippen molar-refractivity contribution in [2.75, 3.05) is 30.3 Å². The van der Waals surface area contributed by atoms with Crippen LogP contribution in [0.15, 0.2) is 41.3 Å². The molecule has 0 atom stereocenters. The van der Waals surface area contributed by atoms with Crippen molar-refractivity contribution >= 4 is 27.3 Å². The van der Waals surface area contributed by atoms with Crippen molar-refractivity contribution in [3.8, 4) is 0 Å². The van der Waals surface area contributed by atoms with Gasteiger partial charge in [0.15, 0.2) is 11.6 Å². The monoisotopic (exact) mass is 437 g/mol. The molecule has 0 unspecified atom stereocenters. The predicted octanol–water partition coefficient (Wildman–Crippen LogP) is 3.89. The van der Waals surface area contributed by atoms with Crippen molar-refractivity contribution in [1.82, 2.24) is 4.31 Å². The molecule has 9 heteroatoms. The Labute approximate surface area is 175 Å². The van der Waals surface area contributed by atoms with Crippen LogP contribution < -0.4 is 10.6 Å². The van der Waals surface area contributed by atoms with E-state index in [0.29, 0.717) is 24.3 Å². The Morgan fingerprint density at radius 2 is 1.63 bits per heavy atom. The van der Waals surface area contributed by atoms with Crippen LogP contribution >= 0.6 is 0 Å². The molecule has 3 rings (SSSR count). The van der Waals surface area contributed by atoms with Gasteiger partial charge < -0.3 is 10.6 Å². The number of rotatable bonds is 6. The lowest BCUT2D eigenvalue weighted by Gasteiger charge is -2.21. The fourth-order valence-electron chi connectivity index (χ4n) is 3.37. The van der Waals surface area contributed by atoms with E-state index in [1.165, 1.54) is 16.4 Å². The minimum absolute atomic E-state index is 0.133. The minimum atomic E-state index is -3.62. The molecular weight excluding hydrogens is 412 g/mol. The van der Waals surface area contributed by atoms with Gasteiger partial charge in [0.2, 0.25) is 15.9 Å². The van der Waals surface area contributed by atoms with Gasteiger partial charge >= 0.3 is 0 Å². The van der Waals surface area contributed by atoms with Crippen LogP contribution in [0.3, 0.4) is 0 Å². The summed E-state index contributed by atoms with van der Waals surface area (Å²) in [5.74, 6) is -2.52. The van der Waals surface area contributed by atoms with Crippen molar-refractivity contribution in [2.45, 2.75) is 37.5 Å². The van der Waals surface area contributed by atoms with E-state index in [-0.39, 0.29) is 17.1 Å². The zero-order chi connectivity index (χ0) is 21.7. The van der Waals surface area contributed by atoms with Gasteiger partial charge in [-0.05, 0) is 49.6 Å². The zero-order valence-electron chi connectivity index (χ0n) is 16.7. The lowest BCUT2D eigenvalue weighted by Crippen LogP contribution is -2.32. The first-order chi connectivity index (χ1) is 14.3. The molecule has 1 fully saturated rings. The Hall–Kier alpha value is -2.52. The van der Waals surface area contributed by atoms with Crippen molar-refractivity contribution in [3.63, 3.8) is 0 Å². The molecule has 2 aromatic rings. The number of anilines is 2. The van der Waals surface area contributed by atoms with E-state index in [0.717, 1.165) is 37.8 Å². The minimum Gasteiger partial charge on any atom is -0.376 e. The van der Waals surface area contributed by atoms with Gasteiger partial charge in [-0.2, -0.15) is 4.31 Å². The number of amides is 1. The number of nitrogens with one attached hydrogen (secondary N) is 2. The molecule has 1 heterocycles. The average molecular weight is 438 g/mol. The lowest BCUT2D eigenvalue weighted by atomic mass is 10.2. The van der Waals surface area contributed by atoms with E-state index in [1.54, 1.807) is 19.1 Å². The molecule has 2 aromatic carbocycles. The Kier molecular flexibility index (Phi) is 7.04. The number of halogens is 2. The second-order valence-electron chi connectivity index (χ2n) is 7.33. The molecule has 0 aromatic heterocycles. The van der Waals surface area contributed by atoms with Crippen LogP contribution in [-0.4, -0.2) is 38.3 Å². The lowest BCUT2D eigenvalue weighted by molar-refractivity contribution is -0.114. The highest BCUT2D eigenvalue weighted by Crippen LogP contribution is 2.25. The van der Waals surface area contributed by atoms with E-state index in [4.69, 9.17) is 0 Å². The molecule has 1 aliphatic heterocycles. The van der Waals surface area contributed by atoms with Gasteiger partial charge in [-0.15, -0.1) is 0 Å². The summed E-state index contributed by atoms with van der Waals surface area (Å²) in [4.78, 5) is 12.3. The normalized spacial score (nSPS) is 15.4. The fraction of sp³-hybridized carbons (Fsp3) is 0.381. The maximum absolute atomic E-state index is 13.3. The van der Waals surface area contributed by atoms with Crippen LogP contribution in [-0.2, 0) is 14.8 Å². The predicted molar refractivity (Wildman–Crippen MR) is 112 cm³/mol. The number of carbonyl (C=O) groups excluding carboxylic acids is 1. The highest BCUT2D eigenvalue weighted by atomic mass is 32.2. The van der Waals surface area contributed by atoms with E-state index in [2.05, 4.69) is 10.6 Å². The fourth-order valence-corrected chi connectivity index (χ4v) is 5.14. The third-order valence-corrected chi connectivity index (χ3v) is 7.07. The molecule has 1 amide bonds. The number of sulfonamides is 1. The molecule has 0 aliphatic carbocycles.